The summed E-state index contributed by atoms with van der Waals surface area (Å²) >= 11 is 0. The molecule has 202 valence electrons. The summed E-state index contributed by atoms with van der Waals surface area (Å²) in [5, 5.41) is 21.3. The second kappa shape index (κ2) is 11.5. The number of benzene rings is 3. The minimum atomic E-state index is -1.61. The number of rotatable bonds is 5. The molecule has 40 heavy (non-hydrogen) atoms. The number of aliphatic imine (C=N–C) groups is 1. The third kappa shape index (κ3) is 5.63. The van der Waals surface area contributed by atoms with Crippen LogP contribution in [-0.2, 0) is 4.79 Å². The maximum atomic E-state index is 14.4. The SMILES string of the molecule is O=C(N=C(c1ccccc1)N1CCN(C(=O)C(=O)c2c[nH]c3cccc(F)c23)CC1)Nc1ccc(B(O)O)cc1. The zero-order valence-corrected chi connectivity index (χ0v) is 21.3. The number of carbonyl (C=O) groups excluding carboxylic acids is 3. The molecule has 12 heteroatoms. The molecular weight excluding hydrogens is 516 g/mol. The van der Waals surface area contributed by atoms with Gasteiger partial charge in [0.25, 0.3) is 11.7 Å². The molecule has 1 aliphatic heterocycles. The van der Waals surface area contributed by atoms with Gasteiger partial charge >= 0.3 is 13.1 Å². The van der Waals surface area contributed by atoms with E-state index in [1.807, 2.05) is 35.2 Å². The Kier molecular flexibility index (Phi) is 7.71. The van der Waals surface area contributed by atoms with E-state index in [0.29, 0.717) is 35.7 Å². The molecule has 0 unspecified atom stereocenters. The number of hydrogen-bond donors (Lipinski definition) is 4. The predicted molar refractivity (Wildman–Crippen MR) is 149 cm³/mol. The molecule has 0 spiro atoms. The molecule has 4 aromatic rings. The van der Waals surface area contributed by atoms with E-state index in [4.69, 9.17) is 0 Å². The van der Waals surface area contributed by atoms with Gasteiger partial charge in [0.2, 0.25) is 0 Å². The number of hydrogen-bond acceptors (Lipinski definition) is 5. The Bertz CT molecular complexity index is 1580. The van der Waals surface area contributed by atoms with Gasteiger partial charge in [-0.1, -0.05) is 48.5 Å². The number of Topliss-reactive ketones (excluding diaryl/α,β-unsaturated/α-hetero) is 1. The molecule has 0 saturated carbocycles. The van der Waals surface area contributed by atoms with Crippen LogP contribution in [0.5, 0.6) is 0 Å². The van der Waals surface area contributed by atoms with E-state index < -0.39 is 30.7 Å². The maximum Gasteiger partial charge on any atom is 0.488 e. The summed E-state index contributed by atoms with van der Waals surface area (Å²) in [6, 6.07) is 18.9. The summed E-state index contributed by atoms with van der Waals surface area (Å²) in [5.74, 6) is -1.70. The van der Waals surface area contributed by atoms with Crippen molar-refractivity contribution in [1.29, 1.82) is 0 Å². The first kappa shape index (κ1) is 26.8. The Morgan fingerprint density at radius 2 is 1.55 bits per heavy atom. The lowest BCUT2D eigenvalue weighted by Gasteiger charge is -2.36. The molecule has 2 heterocycles. The average molecular weight is 541 g/mol. The van der Waals surface area contributed by atoms with Gasteiger partial charge in [0.1, 0.15) is 11.7 Å². The van der Waals surface area contributed by atoms with Crippen molar-refractivity contribution in [2.45, 2.75) is 0 Å². The molecule has 3 amide bonds. The normalized spacial score (nSPS) is 13.8. The highest BCUT2D eigenvalue weighted by Crippen LogP contribution is 2.23. The zero-order valence-electron chi connectivity index (χ0n) is 21.3. The number of amidine groups is 1. The van der Waals surface area contributed by atoms with Crippen LogP contribution in [0.1, 0.15) is 15.9 Å². The van der Waals surface area contributed by atoms with Crippen molar-refractivity contribution >= 4 is 52.7 Å². The smallest absolute Gasteiger partial charge is 0.423 e. The van der Waals surface area contributed by atoms with Crippen LogP contribution in [0, 0.1) is 5.82 Å². The van der Waals surface area contributed by atoms with Crippen molar-refractivity contribution in [1.82, 2.24) is 14.8 Å². The highest BCUT2D eigenvalue weighted by molar-refractivity contribution is 6.58. The summed E-state index contributed by atoms with van der Waals surface area (Å²) in [7, 11) is -1.61. The molecule has 5 rings (SSSR count). The highest BCUT2D eigenvalue weighted by atomic mass is 19.1. The lowest BCUT2D eigenvalue weighted by atomic mass is 9.80. The molecule has 3 aromatic carbocycles. The Balaban J connectivity index is 1.30. The Labute approximate surface area is 228 Å². The van der Waals surface area contributed by atoms with Gasteiger partial charge < -0.3 is 30.1 Å². The molecule has 0 radical (unpaired) electrons. The standard InChI is InChI=1S/C28H25BFN5O5/c30-22-7-4-8-23-24(22)21(17-31-23)25(36)27(37)35-15-13-34(14-16-35)26(18-5-2-1-3-6-18)33-28(38)32-20-11-9-19(10-12-20)29(39)40/h1-12,17,31,39-40H,13-16H2,(H,32,38). The molecule has 1 aliphatic rings. The molecule has 4 N–H and O–H groups in total. The largest absolute Gasteiger partial charge is 0.488 e. The topological polar surface area (TPSA) is 138 Å². The van der Waals surface area contributed by atoms with E-state index in [1.54, 1.807) is 6.07 Å². The number of H-pyrrole nitrogens is 1. The molecule has 1 aromatic heterocycles. The monoisotopic (exact) mass is 541 g/mol. The quantitative estimate of drug-likeness (QED) is 0.100. The summed E-state index contributed by atoms with van der Waals surface area (Å²) in [6.07, 6.45) is 1.35. The molecule has 0 bridgehead atoms. The second-order valence-corrected chi connectivity index (χ2v) is 9.20. The first-order valence-corrected chi connectivity index (χ1v) is 12.6. The number of amides is 3. The molecule has 0 aliphatic carbocycles. The number of fused-ring (bicyclic) bond motifs is 1. The van der Waals surface area contributed by atoms with Crippen molar-refractivity contribution in [3.63, 3.8) is 0 Å². The lowest BCUT2D eigenvalue weighted by Crippen LogP contribution is -2.52. The van der Waals surface area contributed by atoms with E-state index in [2.05, 4.69) is 15.3 Å². The van der Waals surface area contributed by atoms with Crippen LogP contribution in [-0.4, -0.2) is 81.7 Å². The molecule has 1 fully saturated rings. The number of halogens is 1. The predicted octanol–water partition coefficient (Wildman–Crippen LogP) is 1.99. The maximum absolute atomic E-state index is 14.4. The van der Waals surface area contributed by atoms with Crippen LogP contribution in [0.2, 0.25) is 0 Å². The van der Waals surface area contributed by atoms with Gasteiger partial charge in [0.05, 0.1) is 5.56 Å². The fraction of sp³-hybridized carbons (Fsp3) is 0.143. The van der Waals surface area contributed by atoms with E-state index in [1.165, 1.54) is 47.5 Å². The van der Waals surface area contributed by atoms with Gasteiger partial charge in [-0.3, -0.25) is 9.59 Å². The number of carbonyl (C=O) groups is 3. The minimum absolute atomic E-state index is 0.00901. The summed E-state index contributed by atoms with van der Waals surface area (Å²) in [5.41, 5.74) is 1.83. The highest BCUT2D eigenvalue weighted by Gasteiger charge is 2.30. The van der Waals surface area contributed by atoms with Crippen molar-refractivity contribution < 1.29 is 28.8 Å². The van der Waals surface area contributed by atoms with Crippen molar-refractivity contribution in [2.24, 2.45) is 4.99 Å². The number of nitrogens with zero attached hydrogens (tertiary/aromatic N) is 3. The number of aromatic amines is 1. The molecule has 1 saturated heterocycles. The van der Waals surface area contributed by atoms with E-state index in [-0.39, 0.29) is 29.5 Å². The molecule has 0 atom stereocenters. The number of piperazine rings is 1. The first-order chi connectivity index (χ1) is 19.3. The van der Waals surface area contributed by atoms with Crippen LogP contribution in [0.3, 0.4) is 0 Å². The first-order valence-electron chi connectivity index (χ1n) is 12.6. The van der Waals surface area contributed by atoms with Gasteiger partial charge in [0, 0.05) is 54.5 Å². The van der Waals surface area contributed by atoms with E-state index >= 15 is 0 Å². The van der Waals surface area contributed by atoms with Gasteiger partial charge in [-0.15, -0.1) is 0 Å². The number of anilines is 1. The fourth-order valence-electron chi connectivity index (χ4n) is 4.59. The molecular formula is C28H25BFN5O5. The van der Waals surface area contributed by atoms with Gasteiger partial charge in [-0.05, 0) is 29.7 Å². The van der Waals surface area contributed by atoms with E-state index in [9.17, 15) is 28.8 Å². The summed E-state index contributed by atoms with van der Waals surface area (Å²) in [6.45, 7) is 1.03. The lowest BCUT2D eigenvalue weighted by molar-refractivity contribution is -0.127. The van der Waals surface area contributed by atoms with Crippen molar-refractivity contribution in [2.75, 3.05) is 31.5 Å². The number of aromatic nitrogens is 1. The van der Waals surface area contributed by atoms with Gasteiger partial charge in [-0.2, -0.15) is 4.99 Å². The average Bonchev–Trinajstić information content (AvgIpc) is 3.42. The minimum Gasteiger partial charge on any atom is -0.423 e. The van der Waals surface area contributed by atoms with Crippen LogP contribution in [0.25, 0.3) is 10.9 Å². The van der Waals surface area contributed by atoms with Crippen molar-refractivity contribution in [3.05, 3.63) is 95.9 Å². The Hall–Kier alpha value is -4.81. The Morgan fingerprint density at radius 3 is 2.23 bits per heavy atom. The van der Waals surface area contributed by atoms with Gasteiger partial charge in [0.15, 0.2) is 0 Å². The van der Waals surface area contributed by atoms with E-state index in [0.717, 1.165) is 0 Å². The summed E-state index contributed by atoms with van der Waals surface area (Å²) < 4.78 is 14.4. The summed E-state index contributed by atoms with van der Waals surface area (Å²) in [4.78, 5) is 49.3. The van der Waals surface area contributed by atoms with Crippen LogP contribution in [0.4, 0.5) is 14.9 Å². The number of nitrogens with one attached hydrogen (secondary N) is 2. The zero-order chi connectivity index (χ0) is 28.2. The second-order valence-electron chi connectivity index (χ2n) is 9.20. The van der Waals surface area contributed by atoms with Gasteiger partial charge in [-0.25, -0.2) is 9.18 Å². The van der Waals surface area contributed by atoms with Crippen molar-refractivity contribution in [3.8, 4) is 0 Å². The van der Waals surface area contributed by atoms with Crippen LogP contribution in [0.15, 0.2) is 84.0 Å². The van der Waals surface area contributed by atoms with Crippen LogP contribution < -0.4 is 10.8 Å². The third-order valence-corrected chi connectivity index (χ3v) is 6.66. The number of urea groups is 1. The third-order valence-electron chi connectivity index (χ3n) is 6.66. The fourth-order valence-corrected chi connectivity index (χ4v) is 4.59. The Morgan fingerprint density at radius 1 is 0.875 bits per heavy atom. The number of ketones is 1. The van der Waals surface area contributed by atoms with Crippen LogP contribution >= 0.6 is 0 Å². The molecule has 10 nitrogen and oxygen atoms in total.